The summed E-state index contributed by atoms with van der Waals surface area (Å²) in [4.78, 5) is 22.6. The smallest absolute Gasteiger partial charge is 0.387 e. The number of unbranched alkanes of at least 4 members (excludes halogenated alkanes) is 23. The Hall–Kier alpha value is -1.28. The van der Waals surface area contributed by atoms with E-state index in [4.69, 9.17) is 14.8 Å². The number of carbonyl (C=O) groups excluding carboxylic acids is 1. The van der Waals surface area contributed by atoms with Gasteiger partial charge < -0.3 is 21.1 Å². The molecule has 0 aliphatic rings. The lowest BCUT2D eigenvalue weighted by Gasteiger charge is -2.23. The number of phosphoric acid groups is 1. The Bertz CT molecular complexity index is 897. The number of hydrogen-bond acceptors (Lipinski definition) is 6. The number of aliphatic hydroxyl groups is 1. The van der Waals surface area contributed by atoms with Gasteiger partial charge in [0.05, 0.1) is 25.4 Å². The molecule has 51 heavy (non-hydrogen) atoms. The Morgan fingerprint density at radius 1 is 0.627 bits per heavy atom. The molecule has 3 atom stereocenters. The van der Waals surface area contributed by atoms with Crippen LogP contribution in [0.15, 0.2) is 36.5 Å². The van der Waals surface area contributed by atoms with Gasteiger partial charge in [-0.15, -0.1) is 0 Å². The van der Waals surface area contributed by atoms with Crippen molar-refractivity contribution in [2.45, 2.75) is 206 Å². The number of hydrogen-bond donors (Lipinski definition) is 4. The Morgan fingerprint density at radius 3 is 1.51 bits per heavy atom. The van der Waals surface area contributed by atoms with Crippen molar-refractivity contribution in [3.8, 4) is 0 Å². The molecule has 0 saturated carbocycles. The minimum atomic E-state index is -4.34. The predicted octanol–water partition coefficient (Wildman–Crippen LogP) is 11.6. The molecule has 0 rings (SSSR count). The molecule has 0 saturated heterocycles. The third-order valence-corrected chi connectivity index (χ3v) is 10.2. The number of nitrogens with one attached hydrogen (secondary N) is 1. The summed E-state index contributed by atoms with van der Waals surface area (Å²) in [5, 5.41) is 13.6. The van der Waals surface area contributed by atoms with Crippen molar-refractivity contribution in [2.24, 2.45) is 5.73 Å². The van der Waals surface area contributed by atoms with Crippen molar-refractivity contribution in [2.75, 3.05) is 19.8 Å². The second-order valence-corrected chi connectivity index (χ2v) is 15.6. The van der Waals surface area contributed by atoms with Crippen molar-refractivity contribution in [3.05, 3.63) is 36.5 Å². The third kappa shape index (κ3) is 36.9. The van der Waals surface area contributed by atoms with Crippen LogP contribution in [0.1, 0.15) is 194 Å². The molecule has 0 fully saturated rings. The van der Waals surface area contributed by atoms with Crippen LogP contribution >= 0.6 is 7.82 Å². The maximum atomic E-state index is 12.7. The molecule has 3 unspecified atom stereocenters. The Balaban J connectivity index is 4.30. The number of aliphatic hydroxyl groups excluding tert-OH is 1. The van der Waals surface area contributed by atoms with Gasteiger partial charge in [-0.05, 0) is 44.9 Å². The first-order valence-electron chi connectivity index (χ1n) is 21.1. The molecule has 0 aromatic rings. The highest BCUT2D eigenvalue weighted by Gasteiger charge is 2.26. The van der Waals surface area contributed by atoms with E-state index in [0.29, 0.717) is 6.42 Å². The molecule has 0 aliphatic heterocycles. The fourth-order valence-corrected chi connectivity index (χ4v) is 6.75. The summed E-state index contributed by atoms with van der Waals surface area (Å²) in [7, 11) is -4.34. The molecule has 0 radical (unpaired) electrons. The molecule has 0 aromatic heterocycles. The van der Waals surface area contributed by atoms with Crippen molar-refractivity contribution >= 4 is 13.7 Å². The standard InChI is InChI=1S/C42H81N2O6P/c1-3-5-7-9-11-13-15-17-18-19-20-21-22-23-24-25-27-29-31-33-35-41(45)40(39-50-51(47,48)49-38-37-43)44-42(46)36-34-32-30-28-26-16-14-12-10-8-6-4-2/h21-22,25,27,33,35,40-41,45H,3-20,23-24,26,28-32,34,36-39,43H2,1-2H3,(H,44,46)(H,47,48)/b22-21+,27-25+,35-33+. The van der Waals surface area contributed by atoms with E-state index in [2.05, 4.69) is 43.5 Å². The van der Waals surface area contributed by atoms with Crippen LogP contribution in [0.3, 0.4) is 0 Å². The Kier molecular flexibility index (Phi) is 37.5. The average molecular weight is 741 g/mol. The first-order valence-corrected chi connectivity index (χ1v) is 22.6. The van der Waals surface area contributed by atoms with E-state index >= 15 is 0 Å². The van der Waals surface area contributed by atoms with Gasteiger partial charge in [0.1, 0.15) is 0 Å². The summed E-state index contributed by atoms with van der Waals surface area (Å²) < 4.78 is 22.1. The predicted molar refractivity (Wildman–Crippen MR) is 217 cm³/mol. The summed E-state index contributed by atoms with van der Waals surface area (Å²) in [5.74, 6) is -0.209. The van der Waals surface area contributed by atoms with Gasteiger partial charge in [-0.1, -0.05) is 179 Å². The molecule has 0 aromatic carbocycles. The van der Waals surface area contributed by atoms with Crippen molar-refractivity contribution < 1.29 is 28.4 Å². The lowest BCUT2D eigenvalue weighted by Crippen LogP contribution is -2.45. The number of amides is 1. The zero-order chi connectivity index (χ0) is 37.5. The molecule has 5 N–H and O–H groups in total. The van der Waals surface area contributed by atoms with E-state index in [-0.39, 0.29) is 25.7 Å². The summed E-state index contributed by atoms with van der Waals surface area (Å²) >= 11 is 0. The first-order chi connectivity index (χ1) is 24.9. The topological polar surface area (TPSA) is 131 Å². The van der Waals surface area contributed by atoms with E-state index in [1.807, 2.05) is 6.08 Å². The number of allylic oxidation sites excluding steroid dienone is 5. The molecule has 8 nitrogen and oxygen atoms in total. The fourth-order valence-electron chi connectivity index (χ4n) is 5.99. The van der Waals surface area contributed by atoms with Gasteiger partial charge >= 0.3 is 7.82 Å². The molecule has 0 heterocycles. The van der Waals surface area contributed by atoms with Crippen LogP contribution in [0.25, 0.3) is 0 Å². The lowest BCUT2D eigenvalue weighted by molar-refractivity contribution is -0.123. The van der Waals surface area contributed by atoms with Crippen LogP contribution in [0.5, 0.6) is 0 Å². The van der Waals surface area contributed by atoms with Gasteiger partial charge in [-0.2, -0.15) is 0 Å². The Labute approximate surface area is 314 Å². The van der Waals surface area contributed by atoms with E-state index < -0.39 is 20.0 Å². The average Bonchev–Trinajstić information content (AvgIpc) is 3.12. The van der Waals surface area contributed by atoms with Crippen LogP contribution in [0.4, 0.5) is 0 Å². The monoisotopic (exact) mass is 741 g/mol. The van der Waals surface area contributed by atoms with E-state index in [1.54, 1.807) is 6.08 Å². The SMILES string of the molecule is CCCCCCCCCCCC/C=C/CC/C=C/CC/C=C/C(O)C(COP(=O)(O)OCCN)NC(=O)CCCCCCCCCCCCCC. The number of nitrogens with two attached hydrogens (primary N) is 1. The highest BCUT2D eigenvalue weighted by Crippen LogP contribution is 2.43. The van der Waals surface area contributed by atoms with Gasteiger partial charge in [0.2, 0.25) is 5.91 Å². The summed E-state index contributed by atoms with van der Waals surface area (Å²) in [6, 6.07) is -0.879. The molecular formula is C42H81N2O6P. The molecular weight excluding hydrogens is 659 g/mol. The lowest BCUT2D eigenvalue weighted by atomic mass is 10.0. The van der Waals surface area contributed by atoms with Gasteiger partial charge in [-0.25, -0.2) is 4.57 Å². The summed E-state index contributed by atoms with van der Waals surface area (Å²) in [6.07, 6.45) is 44.8. The molecule has 0 aliphatic carbocycles. The highest BCUT2D eigenvalue weighted by molar-refractivity contribution is 7.47. The maximum Gasteiger partial charge on any atom is 0.472 e. The van der Waals surface area contributed by atoms with E-state index in [9.17, 15) is 19.4 Å². The highest BCUT2D eigenvalue weighted by atomic mass is 31.2. The number of rotatable bonds is 39. The zero-order valence-electron chi connectivity index (χ0n) is 33.1. The molecule has 1 amide bonds. The normalized spacial score (nSPS) is 14.5. The first kappa shape index (κ1) is 49.7. The largest absolute Gasteiger partial charge is 0.472 e. The van der Waals surface area contributed by atoms with Gasteiger partial charge in [0.25, 0.3) is 0 Å². The zero-order valence-corrected chi connectivity index (χ0v) is 34.0. The summed E-state index contributed by atoms with van der Waals surface area (Å²) in [6.45, 7) is 4.10. The van der Waals surface area contributed by atoms with Gasteiger partial charge in [0, 0.05) is 13.0 Å². The van der Waals surface area contributed by atoms with Gasteiger partial charge in [-0.3, -0.25) is 13.8 Å². The van der Waals surface area contributed by atoms with Crippen molar-refractivity contribution in [3.63, 3.8) is 0 Å². The fraction of sp³-hybridized carbons (Fsp3) is 0.833. The molecule has 9 heteroatoms. The number of phosphoric ester groups is 1. The minimum Gasteiger partial charge on any atom is -0.387 e. The molecule has 0 spiro atoms. The Morgan fingerprint density at radius 2 is 1.04 bits per heavy atom. The maximum absolute atomic E-state index is 12.7. The van der Waals surface area contributed by atoms with E-state index in [0.717, 1.165) is 44.9 Å². The van der Waals surface area contributed by atoms with Crippen LogP contribution < -0.4 is 11.1 Å². The second-order valence-electron chi connectivity index (χ2n) is 14.2. The van der Waals surface area contributed by atoms with Crippen molar-refractivity contribution in [1.82, 2.24) is 5.32 Å². The summed E-state index contributed by atoms with van der Waals surface area (Å²) in [5.41, 5.74) is 5.36. The van der Waals surface area contributed by atoms with Crippen LogP contribution in [-0.4, -0.2) is 47.8 Å². The minimum absolute atomic E-state index is 0.0725. The second kappa shape index (κ2) is 38.4. The van der Waals surface area contributed by atoms with E-state index in [1.165, 1.54) is 128 Å². The number of carbonyl (C=O) groups is 1. The third-order valence-electron chi connectivity index (χ3n) is 9.20. The van der Waals surface area contributed by atoms with Crippen molar-refractivity contribution in [1.29, 1.82) is 0 Å². The van der Waals surface area contributed by atoms with Crippen LogP contribution in [0.2, 0.25) is 0 Å². The van der Waals surface area contributed by atoms with Crippen LogP contribution in [-0.2, 0) is 18.4 Å². The quantitative estimate of drug-likeness (QED) is 0.0280. The van der Waals surface area contributed by atoms with Crippen LogP contribution in [0, 0.1) is 0 Å². The molecule has 0 bridgehead atoms. The molecule has 300 valence electrons. The van der Waals surface area contributed by atoms with Gasteiger partial charge in [0.15, 0.2) is 0 Å².